The first-order valence-corrected chi connectivity index (χ1v) is 6.80. The molecule has 22 heavy (non-hydrogen) atoms. The summed E-state index contributed by atoms with van der Waals surface area (Å²) in [5.41, 5.74) is 1.45. The van der Waals surface area contributed by atoms with Crippen LogP contribution in [0.15, 0.2) is 30.5 Å². The van der Waals surface area contributed by atoms with Gasteiger partial charge in [-0.3, -0.25) is 9.59 Å². The third kappa shape index (κ3) is 2.52. The number of carboxylic acids is 1. The Morgan fingerprint density at radius 3 is 3.00 bits per heavy atom. The van der Waals surface area contributed by atoms with Crippen molar-refractivity contribution in [1.82, 2.24) is 14.9 Å². The summed E-state index contributed by atoms with van der Waals surface area (Å²) in [4.78, 5) is 27.2. The van der Waals surface area contributed by atoms with Gasteiger partial charge in [0.1, 0.15) is 18.1 Å². The lowest BCUT2D eigenvalue weighted by Crippen LogP contribution is -2.39. The standard InChI is InChI=1S/C15H15N3O4/c1-22-12-5-3-2-4-9(12)11-7-18-8-13(19)16-10(6-14(20)21)15(18)17-11/h2-5,7,10H,6,8H2,1H3,(H,16,19)(H,20,21). The number of imidazole rings is 1. The van der Waals surface area contributed by atoms with Crippen molar-refractivity contribution in [3.8, 4) is 17.0 Å². The van der Waals surface area contributed by atoms with Gasteiger partial charge in [-0.1, -0.05) is 12.1 Å². The minimum atomic E-state index is -0.986. The SMILES string of the molecule is COc1ccccc1-c1cn2c(n1)C(CC(=O)O)NC(=O)C2. The number of nitrogens with zero attached hydrogens (tertiary/aromatic N) is 2. The van der Waals surface area contributed by atoms with Crippen LogP contribution in [0, 0.1) is 0 Å². The number of benzene rings is 1. The van der Waals surface area contributed by atoms with E-state index in [0.29, 0.717) is 17.3 Å². The van der Waals surface area contributed by atoms with Crippen LogP contribution in [0.2, 0.25) is 0 Å². The molecule has 0 aliphatic carbocycles. The smallest absolute Gasteiger partial charge is 0.305 e. The molecule has 2 N–H and O–H groups in total. The van der Waals surface area contributed by atoms with E-state index in [1.54, 1.807) is 17.9 Å². The monoisotopic (exact) mass is 301 g/mol. The Labute approximate surface area is 126 Å². The van der Waals surface area contributed by atoms with Gasteiger partial charge in [-0.15, -0.1) is 0 Å². The van der Waals surface area contributed by atoms with Gasteiger partial charge in [-0.05, 0) is 12.1 Å². The lowest BCUT2D eigenvalue weighted by Gasteiger charge is -2.23. The van der Waals surface area contributed by atoms with E-state index in [1.807, 2.05) is 24.3 Å². The quantitative estimate of drug-likeness (QED) is 0.885. The Hall–Kier alpha value is -2.83. The Morgan fingerprint density at radius 1 is 1.50 bits per heavy atom. The molecule has 114 valence electrons. The predicted octanol–water partition coefficient (Wildman–Crippen LogP) is 1.20. The summed E-state index contributed by atoms with van der Waals surface area (Å²) in [6.45, 7) is 0.133. The zero-order chi connectivity index (χ0) is 15.7. The number of aromatic nitrogens is 2. The first kappa shape index (κ1) is 14.1. The van der Waals surface area contributed by atoms with Crippen LogP contribution in [-0.4, -0.2) is 33.6 Å². The molecule has 1 atom stereocenters. The highest BCUT2D eigenvalue weighted by Gasteiger charge is 2.29. The normalized spacial score (nSPS) is 16.8. The highest BCUT2D eigenvalue weighted by molar-refractivity contribution is 5.79. The molecule has 1 aliphatic heterocycles. The van der Waals surface area contributed by atoms with E-state index < -0.39 is 12.0 Å². The van der Waals surface area contributed by atoms with Gasteiger partial charge in [-0.2, -0.15) is 0 Å². The summed E-state index contributed by atoms with van der Waals surface area (Å²) < 4.78 is 7.01. The first-order valence-electron chi connectivity index (χ1n) is 6.80. The number of amides is 1. The van der Waals surface area contributed by atoms with Crippen LogP contribution in [0.5, 0.6) is 5.75 Å². The van der Waals surface area contributed by atoms with Crippen molar-refractivity contribution in [2.45, 2.75) is 19.0 Å². The van der Waals surface area contributed by atoms with Gasteiger partial charge < -0.3 is 19.7 Å². The summed E-state index contributed by atoms with van der Waals surface area (Å²) in [5, 5.41) is 11.6. The van der Waals surface area contributed by atoms with Gasteiger partial charge in [0.15, 0.2) is 0 Å². The van der Waals surface area contributed by atoms with Gasteiger partial charge in [0.25, 0.3) is 0 Å². The molecule has 0 bridgehead atoms. The summed E-state index contributed by atoms with van der Waals surface area (Å²) in [6.07, 6.45) is 1.55. The lowest BCUT2D eigenvalue weighted by atomic mass is 10.1. The van der Waals surface area contributed by atoms with Crippen molar-refractivity contribution in [3.63, 3.8) is 0 Å². The van der Waals surface area contributed by atoms with E-state index in [0.717, 1.165) is 5.56 Å². The third-order valence-electron chi connectivity index (χ3n) is 3.53. The summed E-state index contributed by atoms with van der Waals surface area (Å²) >= 11 is 0. The number of carbonyl (C=O) groups is 2. The number of hydrogen-bond donors (Lipinski definition) is 2. The number of aliphatic carboxylic acids is 1. The fourth-order valence-electron chi connectivity index (χ4n) is 2.60. The van der Waals surface area contributed by atoms with Gasteiger partial charge in [0, 0.05) is 11.8 Å². The number of para-hydroxylation sites is 1. The van der Waals surface area contributed by atoms with Gasteiger partial charge in [-0.25, -0.2) is 4.98 Å². The van der Waals surface area contributed by atoms with E-state index in [-0.39, 0.29) is 18.9 Å². The number of nitrogens with one attached hydrogen (secondary N) is 1. The number of fused-ring (bicyclic) bond motifs is 1. The van der Waals surface area contributed by atoms with Crippen LogP contribution < -0.4 is 10.1 Å². The summed E-state index contributed by atoms with van der Waals surface area (Å²) in [7, 11) is 1.58. The second kappa shape index (κ2) is 5.51. The molecule has 0 fully saturated rings. The number of carboxylic acid groups (broad SMARTS) is 1. The Kier molecular flexibility index (Phi) is 3.54. The van der Waals surface area contributed by atoms with Crippen molar-refractivity contribution in [1.29, 1.82) is 0 Å². The molecule has 1 aromatic carbocycles. The molecule has 0 saturated carbocycles. The zero-order valence-electron chi connectivity index (χ0n) is 11.9. The maximum atomic E-state index is 11.7. The van der Waals surface area contributed by atoms with Crippen molar-refractivity contribution in [2.75, 3.05) is 7.11 Å². The number of methoxy groups -OCH3 is 1. The molecule has 0 saturated heterocycles. The second-order valence-electron chi connectivity index (χ2n) is 5.03. The highest BCUT2D eigenvalue weighted by atomic mass is 16.5. The molecule has 3 rings (SSSR count). The third-order valence-corrected chi connectivity index (χ3v) is 3.53. The molecular formula is C15H15N3O4. The number of carbonyl (C=O) groups excluding carboxylic acids is 1. The minimum absolute atomic E-state index is 0.133. The molecule has 1 aromatic heterocycles. The molecule has 7 heteroatoms. The van der Waals surface area contributed by atoms with Crippen molar-refractivity contribution in [2.24, 2.45) is 0 Å². The van der Waals surface area contributed by atoms with E-state index in [2.05, 4.69) is 10.3 Å². The van der Waals surface area contributed by atoms with Crippen LogP contribution >= 0.6 is 0 Å². The second-order valence-corrected chi connectivity index (χ2v) is 5.03. The fraction of sp³-hybridized carbons (Fsp3) is 0.267. The molecule has 0 spiro atoms. The van der Waals surface area contributed by atoms with Crippen LogP contribution in [0.4, 0.5) is 0 Å². The fourth-order valence-corrected chi connectivity index (χ4v) is 2.60. The van der Waals surface area contributed by atoms with Gasteiger partial charge >= 0.3 is 5.97 Å². The zero-order valence-corrected chi connectivity index (χ0v) is 11.9. The van der Waals surface area contributed by atoms with Crippen LogP contribution in [0.25, 0.3) is 11.3 Å². The Balaban J connectivity index is 2.03. The molecule has 1 amide bonds. The molecule has 2 heterocycles. The minimum Gasteiger partial charge on any atom is -0.496 e. The molecule has 1 unspecified atom stereocenters. The largest absolute Gasteiger partial charge is 0.496 e. The Bertz CT molecular complexity index is 738. The summed E-state index contributed by atoms with van der Waals surface area (Å²) in [5.74, 6) is 0.0123. The average molecular weight is 301 g/mol. The van der Waals surface area contributed by atoms with E-state index >= 15 is 0 Å². The van der Waals surface area contributed by atoms with Crippen molar-refractivity contribution in [3.05, 3.63) is 36.3 Å². The molecule has 1 aliphatic rings. The maximum Gasteiger partial charge on any atom is 0.305 e. The maximum absolute atomic E-state index is 11.7. The van der Waals surface area contributed by atoms with Crippen molar-refractivity contribution >= 4 is 11.9 Å². The van der Waals surface area contributed by atoms with Crippen LogP contribution in [-0.2, 0) is 16.1 Å². The van der Waals surface area contributed by atoms with Crippen molar-refractivity contribution < 1.29 is 19.4 Å². The molecule has 0 radical (unpaired) electrons. The van der Waals surface area contributed by atoms with E-state index in [9.17, 15) is 9.59 Å². The Morgan fingerprint density at radius 2 is 2.27 bits per heavy atom. The summed E-state index contributed by atoms with van der Waals surface area (Å²) in [6, 6.07) is 6.80. The topological polar surface area (TPSA) is 93.5 Å². The van der Waals surface area contributed by atoms with Crippen LogP contribution in [0.3, 0.4) is 0 Å². The lowest BCUT2D eigenvalue weighted by molar-refractivity contribution is -0.138. The first-order chi connectivity index (χ1) is 10.6. The number of hydrogen-bond acceptors (Lipinski definition) is 4. The van der Waals surface area contributed by atoms with Gasteiger partial charge in [0.05, 0.1) is 25.3 Å². The van der Waals surface area contributed by atoms with E-state index in [4.69, 9.17) is 9.84 Å². The van der Waals surface area contributed by atoms with Crippen LogP contribution in [0.1, 0.15) is 18.3 Å². The van der Waals surface area contributed by atoms with Gasteiger partial charge in [0.2, 0.25) is 5.91 Å². The number of ether oxygens (including phenoxy) is 1. The highest BCUT2D eigenvalue weighted by Crippen LogP contribution is 2.31. The molecule has 2 aromatic rings. The molecular weight excluding hydrogens is 286 g/mol. The number of rotatable bonds is 4. The predicted molar refractivity (Wildman–Crippen MR) is 77.4 cm³/mol. The molecule has 7 nitrogen and oxygen atoms in total. The average Bonchev–Trinajstić information content (AvgIpc) is 2.90. The van der Waals surface area contributed by atoms with E-state index in [1.165, 1.54) is 0 Å².